The minimum Gasteiger partial charge on any atom is -0.484 e. The predicted molar refractivity (Wildman–Crippen MR) is 100.0 cm³/mol. The minimum atomic E-state index is -0.432. The lowest BCUT2D eigenvalue weighted by Crippen LogP contribution is -2.32. The van der Waals surface area contributed by atoms with Gasteiger partial charge < -0.3 is 19.0 Å². The van der Waals surface area contributed by atoms with Crippen LogP contribution in [0.5, 0.6) is 5.75 Å². The molecule has 7 heteroatoms. The summed E-state index contributed by atoms with van der Waals surface area (Å²) >= 11 is 0. The monoisotopic (exact) mass is 353 g/mol. The first-order chi connectivity index (χ1) is 12.5. The second kappa shape index (κ2) is 7.26. The van der Waals surface area contributed by atoms with Gasteiger partial charge in [-0.1, -0.05) is 0 Å². The normalized spacial score (nSPS) is 10.6. The standard InChI is InChI=1S/C19H19N3O4/c1-21(2)19-15(5-4-10-20-19)22(3)17(23)12-25-14-8-6-13-7-9-18(24)26-16(13)11-14/h4-11H,12H2,1-3H3. The summed E-state index contributed by atoms with van der Waals surface area (Å²) in [7, 11) is 5.40. The van der Waals surface area contributed by atoms with Crippen LogP contribution >= 0.6 is 0 Å². The van der Waals surface area contributed by atoms with Crippen LogP contribution in [0.25, 0.3) is 11.0 Å². The van der Waals surface area contributed by atoms with Gasteiger partial charge in [0.15, 0.2) is 12.4 Å². The zero-order valence-electron chi connectivity index (χ0n) is 14.8. The van der Waals surface area contributed by atoms with E-state index in [1.807, 2.05) is 25.1 Å². The quantitative estimate of drug-likeness (QED) is 0.655. The summed E-state index contributed by atoms with van der Waals surface area (Å²) in [5, 5.41) is 0.784. The van der Waals surface area contributed by atoms with Gasteiger partial charge in [-0.15, -0.1) is 0 Å². The van der Waals surface area contributed by atoms with E-state index in [2.05, 4.69) is 4.98 Å². The van der Waals surface area contributed by atoms with Crippen molar-refractivity contribution in [2.24, 2.45) is 0 Å². The highest BCUT2D eigenvalue weighted by molar-refractivity contribution is 5.96. The van der Waals surface area contributed by atoms with Crippen molar-refractivity contribution < 1.29 is 13.9 Å². The van der Waals surface area contributed by atoms with Gasteiger partial charge in [0, 0.05) is 44.9 Å². The average molecular weight is 353 g/mol. The maximum absolute atomic E-state index is 12.5. The van der Waals surface area contributed by atoms with Crippen LogP contribution in [-0.4, -0.2) is 38.6 Å². The summed E-state index contributed by atoms with van der Waals surface area (Å²) in [6.45, 7) is -0.152. The van der Waals surface area contributed by atoms with Crippen LogP contribution in [-0.2, 0) is 4.79 Å². The number of ether oxygens (including phenoxy) is 1. The number of rotatable bonds is 5. The van der Waals surface area contributed by atoms with Gasteiger partial charge in [-0.25, -0.2) is 9.78 Å². The van der Waals surface area contributed by atoms with Gasteiger partial charge >= 0.3 is 5.63 Å². The zero-order chi connectivity index (χ0) is 18.7. The molecule has 0 radical (unpaired) electrons. The molecule has 26 heavy (non-hydrogen) atoms. The Balaban J connectivity index is 1.73. The number of carbonyl (C=O) groups excluding carboxylic acids is 1. The molecule has 0 aliphatic rings. The third-order valence-electron chi connectivity index (χ3n) is 3.88. The molecule has 0 unspecified atom stereocenters. The molecule has 0 spiro atoms. The van der Waals surface area contributed by atoms with Gasteiger partial charge in [0.2, 0.25) is 0 Å². The van der Waals surface area contributed by atoms with Gasteiger partial charge in [0.05, 0.1) is 5.69 Å². The number of fused-ring (bicyclic) bond motifs is 1. The lowest BCUT2D eigenvalue weighted by atomic mass is 10.2. The van der Waals surface area contributed by atoms with Crippen molar-refractivity contribution in [3.05, 3.63) is 59.1 Å². The molecule has 1 amide bonds. The first-order valence-corrected chi connectivity index (χ1v) is 8.01. The van der Waals surface area contributed by atoms with E-state index in [0.29, 0.717) is 22.8 Å². The van der Waals surface area contributed by atoms with Crippen LogP contribution in [0.4, 0.5) is 11.5 Å². The van der Waals surface area contributed by atoms with Gasteiger partial charge in [-0.2, -0.15) is 0 Å². The molecule has 2 aromatic heterocycles. The fourth-order valence-corrected chi connectivity index (χ4v) is 2.50. The number of amides is 1. The largest absolute Gasteiger partial charge is 0.484 e. The molecular formula is C19H19N3O4. The Morgan fingerprint density at radius 1 is 1.15 bits per heavy atom. The molecule has 7 nitrogen and oxygen atoms in total. The number of hydrogen-bond donors (Lipinski definition) is 0. The molecule has 2 heterocycles. The number of hydrogen-bond acceptors (Lipinski definition) is 6. The molecule has 0 aliphatic heterocycles. The van der Waals surface area contributed by atoms with E-state index in [9.17, 15) is 9.59 Å². The number of likely N-dealkylation sites (N-methyl/N-ethyl adjacent to an activating group) is 1. The Bertz CT molecular complexity index is 997. The lowest BCUT2D eigenvalue weighted by Gasteiger charge is -2.23. The second-order valence-electron chi connectivity index (χ2n) is 5.94. The molecule has 3 rings (SSSR count). The van der Waals surface area contributed by atoms with Crippen molar-refractivity contribution in [1.82, 2.24) is 4.98 Å². The Morgan fingerprint density at radius 3 is 2.69 bits per heavy atom. The first kappa shape index (κ1) is 17.5. The summed E-state index contributed by atoms with van der Waals surface area (Å²) in [6, 6.07) is 11.7. The topological polar surface area (TPSA) is 75.9 Å². The summed E-state index contributed by atoms with van der Waals surface area (Å²) < 4.78 is 10.7. The van der Waals surface area contributed by atoms with E-state index in [-0.39, 0.29) is 12.5 Å². The van der Waals surface area contributed by atoms with E-state index >= 15 is 0 Å². The molecule has 0 saturated carbocycles. The Hall–Kier alpha value is -3.35. The number of benzene rings is 1. The highest BCUT2D eigenvalue weighted by Crippen LogP contribution is 2.24. The highest BCUT2D eigenvalue weighted by atomic mass is 16.5. The minimum absolute atomic E-state index is 0.152. The first-order valence-electron chi connectivity index (χ1n) is 8.01. The predicted octanol–water partition coefficient (Wildman–Crippen LogP) is 2.30. The summed E-state index contributed by atoms with van der Waals surface area (Å²) in [5.41, 5.74) is 0.673. The molecule has 134 valence electrons. The molecule has 0 bridgehead atoms. The smallest absolute Gasteiger partial charge is 0.336 e. The Kier molecular flexibility index (Phi) is 4.88. The highest BCUT2D eigenvalue weighted by Gasteiger charge is 2.17. The third kappa shape index (κ3) is 3.66. The maximum Gasteiger partial charge on any atom is 0.336 e. The summed E-state index contributed by atoms with van der Waals surface area (Å²) in [4.78, 5) is 31.4. The zero-order valence-corrected chi connectivity index (χ0v) is 14.8. The van der Waals surface area contributed by atoms with Crippen LogP contribution < -0.4 is 20.2 Å². The van der Waals surface area contributed by atoms with E-state index in [1.165, 1.54) is 11.0 Å². The molecule has 0 N–H and O–H groups in total. The van der Waals surface area contributed by atoms with Crippen LogP contribution in [0, 0.1) is 0 Å². The van der Waals surface area contributed by atoms with Crippen LogP contribution in [0.1, 0.15) is 0 Å². The SMILES string of the molecule is CN(C)c1ncccc1N(C)C(=O)COc1ccc2ccc(=O)oc2c1. The fraction of sp³-hybridized carbons (Fsp3) is 0.211. The van der Waals surface area contributed by atoms with Gasteiger partial charge in [0.1, 0.15) is 11.3 Å². The van der Waals surface area contributed by atoms with Gasteiger partial charge in [-0.3, -0.25) is 4.79 Å². The number of nitrogens with zero attached hydrogens (tertiary/aromatic N) is 3. The van der Waals surface area contributed by atoms with Crippen LogP contribution in [0.3, 0.4) is 0 Å². The van der Waals surface area contributed by atoms with Crippen molar-refractivity contribution in [2.45, 2.75) is 0 Å². The van der Waals surface area contributed by atoms with Crippen molar-refractivity contribution in [1.29, 1.82) is 0 Å². The summed E-state index contributed by atoms with van der Waals surface area (Å²) in [5.74, 6) is 0.916. The molecule has 3 aromatic rings. The van der Waals surface area contributed by atoms with Crippen molar-refractivity contribution >= 4 is 28.4 Å². The molecule has 0 fully saturated rings. The fourth-order valence-electron chi connectivity index (χ4n) is 2.50. The number of pyridine rings is 1. The second-order valence-corrected chi connectivity index (χ2v) is 5.94. The molecule has 1 aromatic carbocycles. The van der Waals surface area contributed by atoms with Gasteiger partial charge in [-0.05, 0) is 30.3 Å². The molecular weight excluding hydrogens is 334 g/mol. The maximum atomic E-state index is 12.5. The summed E-state index contributed by atoms with van der Waals surface area (Å²) in [6.07, 6.45) is 1.68. The molecule has 0 atom stereocenters. The molecule has 0 aliphatic carbocycles. The van der Waals surface area contributed by atoms with Crippen LogP contribution in [0.15, 0.2) is 57.9 Å². The lowest BCUT2D eigenvalue weighted by molar-refractivity contribution is -0.120. The van der Waals surface area contributed by atoms with E-state index in [0.717, 1.165) is 5.39 Å². The number of aromatic nitrogens is 1. The number of anilines is 2. The number of carbonyl (C=O) groups is 1. The Labute approximate surface area is 150 Å². The van der Waals surface area contributed by atoms with E-state index in [4.69, 9.17) is 9.15 Å². The van der Waals surface area contributed by atoms with E-state index < -0.39 is 5.63 Å². The van der Waals surface area contributed by atoms with Gasteiger partial charge in [0.25, 0.3) is 5.91 Å². The van der Waals surface area contributed by atoms with Crippen molar-refractivity contribution in [3.8, 4) is 5.75 Å². The van der Waals surface area contributed by atoms with Crippen LogP contribution in [0.2, 0.25) is 0 Å². The average Bonchev–Trinajstić information content (AvgIpc) is 2.65. The Morgan fingerprint density at radius 2 is 1.92 bits per heavy atom. The van der Waals surface area contributed by atoms with Crippen molar-refractivity contribution in [3.63, 3.8) is 0 Å². The third-order valence-corrected chi connectivity index (χ3v) is 3.88. The van der Waals surface area contributed by atoms with E-state index in [1.54, 1.807) is 43.6 Å². The molecule has 0 saturated heterocycles. The van der Waals surface area contributed by atoms with Crippen molar-refractivity contribution in [2.75, 3.05) is 37.5 Å².